The van der Waals surface area contributed by atoms with E-state index in [1.54, 1.807) is 17.0 Å². The number of hydrogen-bond donors (Lipinski definition) is 1. The lowest BCUT2D eigenvalue weighted by atomic mass is 10.2. The van der Waals surface area contributed by atoms with Gasteiger partial charge in [0.1, 0.15) is 5.69 Å². The number of likely N-dealkylation sites (N-methyl/N-ethyl adjacent to an activating group) is 1. The van der Waals surface area contributed by atoms with E-state index < -0.39 is 11.9 Å². The second kappa shape index (κ2) is 6.21. The first-order chi connectivity index (χ1) is 11.3. The highest BCUT2D eigenvalue weighted by atomic mass is 32.1. The molecule has 0 radical (unpaired) electrons. The summed E-state index contributed by atoms with van der Waals surface area (Å²) in [6.07, 6.45) is -3.69. The van der Waals surface area contributed by atoms with E-state index in [-0.39, 0.29) is 23.2 Å². The Bertz CT molecular complexity index is 753. The lowest BCUT2D eigenvalue weighted by molar-refractivity contribution is -0.156. The van der Waals surface area contributed by atoms with Gasteiger partial charge in [0.05, 0.1) is 9.75 Å². The predicted molar refractivity (Wildman–Crippen MR) is 82.9 cm³/mol. The standard InChI is InChI=1S/C15H16F3N3O2S/c1-8-12(20-23-13(8)15(16,17)18)10-3-4-11(24-10)14(22)21-6-5-9(7-21)19-2/h3-4,9,19H,5-7H2,1-2H3/t9-/m0/s1. The second-order valence-corrected chi connectivity index (χ2v) is 6.76. The number of carbonyl (C=O) groups is 1. The van der Waals surface area contributed by atoms with Crippen LogP contribution in [0.5, 0.6) is 0 Å². The minimum absolute atomic E-state index is 0.0697. The fourth-order valence-electron chi connectivity index (χ4n) is 2.75. The minimum atomic E-state index is -4.58. The smallest absolute Gasteiger partial charge is 0.351 e. The summed E-state index contributed by atoms with van der Waals surface area (Å²) in [5.41, 5.74) is 0.0562. The molecule has 1 saturated heterocycles. The maximum absolute atomic E-state index is 12.8. The number of nitrogens with zero attached hydrogens (tertiary/aromatic N) is 2. The molecule has 1 N–H and O–H groups in total. The van der Waals surface area contributed by atoms with Gasteiger partial charge in [-0.1, -0.05) is 5.16 Å². The van der Waals surface area contributed by atoms with E-state index in [0.29, 0.717) is 22.8 Å². The summed E-state index contributed by atoms with van der Waals surface area (Å²) < 4.78 is 42.8. The number of nitrogens with one attached hydrogen (secondary N) is 1. The fraction of sp³-hybridized carbons (Fsp3) is 0.467. The van der Waals surface area contributed by atoms with Crippen LogP contribution in [-0.2, 0) is 6.18 Å². The molecule has 2 aromatic rings. The van der Waals surface area contributed by atoms with Crippen molar-refractivity contribution in [2.75, 3.05) is 20.1 Å². The Morgan fingerprint density at radius 1 is 1.46 bits per heavy atom. The summed E-state index contributed by atoms with van der Waals surface area (Å²) in [7, 11) is 1.85. The lowest BCUT2D eigenvalue weighted by Gasteiger charge is -2.15. The van der Waals surface area contributed by atoms with Crippen molar-refractivity contribution in [3.8, 4) is 10.6 Å². The van der Waals surface area contributed by atoms with Crippen molar-refractivity contribution in [1.29, 1.82) is 0 Å². The van der Waals surface area contributed by atoms with E-state index in [9.17, 15) is 18.0 Å². The third-order valence-corrected chi connectivity index (χ3v) is 5.20. The Labute approximate surface area is 140 Å². The highest BCUT2D eigenvalue weighted by molar-refractivity contribution is 7.17. The van der Waals surface area contributed by atoms with Crippen LogP contribution in [0.1, 0.15) is 27.4 Å². The number of rotatable bonds is 3. The number of likely N-dealkylation sites (tertiary alicyclic amines) is 1. The van der Waals surface area contributed by atoms with E-state index in [0.717, 1.165) is 17.8 Å². The Balaban J connectivity index is 1.82. The quantitative estimate of drug-likeness (QED) is 0.915. The van der Waals surface area contributed by atoms with Crippen LogP contribution in [0.2, 0.25) is 0 Å². The van der Waals surface area contributed by atoms with Gasteiger partial charge >= 0.3 is 6.18 Å². The van der Waals surface area contributed by atoms with Crippen molar-refractivity contribution < 1.29 is 22.5 Å². The van der Waals surface area contributed by atoms with Crippen molar-refractivity contribution in [2.45, 2.75) is 25.6 Å². The van der Waals surface area contributed by atoms with E-state index in [2.05, 4.69) is 15.0 Å². The van der Waals surface area contributed by atoms with Crippen molar-refractivity contribution in [1.82, 2.24) is 15.4 Å². The molecule has 3 rings (SSSR count). The molecule has 1 amide bonds. The van der Waals surface area contributed by atoms with Crippen LogP contribution in [-0.4, -0.2) is 42.1 Å². The zero-order valence-electron chi connectivity index (χ0n) is 13.1. The van der Waals surface area contributed by atoms with Gasteiger partial charge in [-0.25, -0.2) is 0 Å². The number of alkyl halides is 3. The molecule has 0 unspecified atom stereocenters. The molecule has 1 aliphatic heterocycles. The Morgan fingerprint density at radius 2 is 2.21 bits per heavy atom. The molecule has 1 aliphatic rings. The average molecular weight is 359 g/mol. The van der Waals surface area contributed by atoms with Crippen molar-refractivity contribution in [3.05, 3.63) is 28.3 Å². The first kappa shape index (κ1) is 17.0. The van der Waals surface area contributed by atoms with Gasteiger partial charge in [0.2, 0.25) is 5.76 Å². The zero-order chi connectivity index (χ0) is 17.5. The Kier molecular flexibility index (Phi) is 4.39. The van der Waals surface area contributed by atoms with Crippen molar-refractivity contribution in [3.63, 3.8) is 0 Å². The van der Waals surface area contributed by atoms with E-state index >= 15 is 0 Å². The van der Waals surface area contributed by atoms with E-state index in [1.807, 2.05) is 7.05 Å². The maximum atomic E-state index is 12.8. The molecule has 0 spiro atoms. The SMILES string of the molecule is CN[C@H]1CCN(C(=O)c2ccc(-c3noc(C(F)(F)F)c3C)s2)C1. The summed E-state index contributed by atoms with van der Waals surface area (Å²) in [6, 6.07) is 3.51. The normalized spacial score (nSPS) is 18.4. The van der Waals surface area contributed by atoms with Gasteiger partial charge in [-0.2, -0.15) is 13.2 Å². The average Bonchev–Trinajstić information content (AvgIpc) is 3.24. The monoisotopic (exact) mass is 359 g/mol. The van der Waals surface area contributed by atoms with Crippen LogP contribution in [0.3, 0.4) is 0 Å². The number of aromatic nitrogens is 1. The van der Waals surface area contributed by atoms with Gasteiger partial charge in [-0.05, 0) is 32.5 Å². The van der Waals surface area contributed by atoms with Gasteiger partial charge in [0.25, 0.3) is 5.91 Å². The molecule has 1 atom stereocenters. The summed E-state index contributed by atoms with van der Waals surface area (Å²) in [5, 5.41) is 6.66. The lowest BCUT2D eigenvalue weighted by Crippen LogP contribution is -2.33. The van der Waals surface area contributed by atoms with Crippen LogP contribution in [0.4, 0.5) is 13.2 Å². The molecule has 3 heterocycles. The Hall–Kier alpha value is -1.87. The molecule has 1 fully saturated rings. The summed E-state index contributed by atoms with van der Waals surface area (Å²) >= 11 is 1.13. The molecule has 0 aromatic carbocycles. The molecule has 24 heavy (non-hydrogen) atoms. The summed E-state index contributed by atoms with van der Waals surface area (Å²) in [4.78, 5) is 15.2. The molecular formula is C15H16F3N3O2S. The van der Waals surface area contributed by atoms with Gasteiger partial charge in [0.15, 0.2) is 0 Å². The predicted octanol–water partition coefficient (Wildman–Crippen LogP) is 3.16. The molecule has 5 nitrogen and oxygen atoms in total. The van der Waals surface area contributed by atoms with Crippen LogP contribution < -0.4 is 5.32 Å². The van der Waals surface area contributed by atoms with Gasteiger partial charge in [0, 0.05) is 24.7 Å². The molecule has 0 aliphatic carbocycles. The summed E-state index contributed by atoms with van der Waals surface area (Å²) in [5.74, 6) is -1.21. The molecule has 130 valence electrons. The topological polar surface area (TPSA) is 58.4 Å². The molecular weight excluding hydrogens is 343 g/mol. The first-order valence-electron chi connectivity index (χ1n) is 7.41. The van der Waals surface area contributed by atoms with E-state index in [4.69, 9.17) is 0 Å². The van der Waals surface area contributed by atoms with Gasteiger partial charge in [-0.3, -0.25) is 4.79 Å². The third kappa shape index (κ3) is 3.05. The highest BCUT2D eigenvalue weighted by Crippen LogP contribution is 2.38. The number of thiophene rings is 1. The zero-order valence-corrected chi connectivity index (χ0v) is 13.9. The van der Waals surface area contributed by atoms with Crippen LogP contribution in [0, 0.1) is 6.92 Å². The van der Waals surface area contributed by atoms with Gasteiger partial charge in [-0.15, -0.1) is 11.3 Å². The van der Waals surface area contributed by atoms with Crippen molar-refractivity contribution in [2.24, 2.45) is 0 Å². The van der Waals surface area contributed by atoms with Crippen LogP contribution in [0.25, 0.3) is 10.6 Å². The molecule has 9 heteroatoms. The van der Waals surface area contributed by atoms with Crippen LogP contribution >= 0.6 is 11.3 Å². The molecule has 0 bridgehead atoms. The van der Waals surface area contributed by atoms with Crippen LogP contribution in [0.15, 0.2) is 16.7 Å². The number of amides is 1. The fourth-order valence-corrected chi connectivity index (χ4v) is 3.76. The number of hydrogen-bond acceptors (Lipinski definition) is 5. The van der Waals surface area contributed by atoms with E-state index in [1.165, 1.54) is 6.92 Å². The Morgan fingerprint density at radius 3 is 2.79 bits per heavy atom. The third-order valence-electron chi connectivity index (χ3n) is 4.12. The summed E-state index contributed by atoms with van der Waals surface area (Å²) in [6.45, 7) is 2.61. The van der Waals surface area contributed by atoms with Gasteiger partial charge < -0.3 is 14.7 Å². The number of carbonyl (C=O) groups excluding carboxylic acids is 1. The minimum Gasteiger partial charge on any atom is -0.351 e. The van der Waals surface area contributed by atoms with Crippen molar-refractivity contribution >= 4 is 17.2 Å². The highest BCUT2D eigenvalue weighted by Gasteiger charge is 2.39. The second-order valence-electron chi connectivity index (χ2n) is 5.67. The molecule has 0 saturated carbocycles. The molecule has 2 aromatic heterocycles. The first-order valence-corrected chi connectivity index (χ1v) is 8.23. The largest absolute Gasteiger partial charge is 0.452 e. The number of halogens is 3. The maximum Gasteiger partial charge on any atom is 0.452 e.